The third-order valence-corrected chi connectivity index (χ3v) is 6.09. The molecule has 0 bridgehead atoms. The Labute approximate surface area is 153 Å². The van der Waals surface area contributed by atoms with Crippen LogP contribution in [0.4, 0.5) is 0 Å². The highest BCUT2D eigenvalue weighted by atomic mass is 32.2. The van der Waals surface area contributed by atoms with Crippen molar-refractivity contribution in [3.8, 4) is 5.75 Å². The second kappa shape index (κ2) is 8.22. The molecule has 0 amide bonds. The number of aryl methyl sites for hydroxylation is 1. The SMILES string of the molecule is COc1ccc(S(=O)(=O)NC[C@@H](c2ccco2)[NH+]2CCOCC2)cc1C. The molecule has 1 aromatic heterocycles. The van der Waals surface area contributed by atoms with Gasteiger partial charge < -0.3 is 18.8 Å². The third kappa shape index (κ3) is 4.27. The summed E-state index contributed by atoms with van der Waals surface area (Å²) < 4.78 is 44.4. The van der Waals surface area contributed by atoms with Gasteiger partial charge in [0, 0.05) is 0 Å². The van der Waals surface area contributed by atoms with Crippen LogP contribution < -0.4 is 14.4 Å². The van der Waals surface area contributed by atoms with E-state index in [1.54, 1.807) is 31.6 Å². The lowest BCUT2D eigenvalue weighted by Crippen LogP contribution is -3.15. The van der Waals surface area contributed by atoms with Crippen molar-refractivity contribution in [2.75, 3.05) is 40.0 Å². The van der Waals surface area contributed by atoms with Crippen molar-refractivity contribution in [3.63, 3.8) is 0 Å². The molecule has 2 aromatic rings. The van der Waals surface area contributed by atoms with Crippen LogP contribution in [0.1, 0.15) is 17.4 Å². The summed E-state index contributed by atoms with van der Waals surface area (Å²) in [7, 11) is -2.06. The molecule has 0 aliphatic carbocycles. The average molecular weight is 381 g/mol. The van der Waals surface area contributed by atoms with E-state index >= 15 is 0 Å². The largest absolute Gasteiger partial charge is 0.496 e. The molecule has 8 heteroatoms. The zero-order valence-corrected chi connectivity index (χ0v) is 15.8. The predicted molar refractivity (Wildman–Crippen MR) is 95.9 cm³/mol. The number of sulfonamides is 1. The molecule has 1 aliphatic heterocycles. The number of ether oxygens (including phenoxy) is 2. The van der Waals surface area contributed by atoms with Crippen molar-refractivity contribution in [3.05, 3.63) is 47.9 Å². The molecule has 1 saturated heterocycles. The standard InChI is InChI=1S/C18H24N2O5S/c1-14-12-15(5-6-17(14)23-2)26(21,22)19-13-16(18-4-3-9-25-18)20-7-10-24-11-8-20/h3-6,9,12,16,19H,7-8,10-11,13H2,1-2H3/p+1/t16-/m0/s1. The molecule has 3 rings (SSSR count). The highest BCUT2D eigenvalue weighted by molar-refractivity contribution is 7.89. The summed E-state index contributed by atoms with van der Waals surface area (Å²) in [6, 6.07) is 8.45. The molecular formula is C18H25N2O5S+. The van der Waals surface area contributed by atoms with E-state index in [0.29, 0.717) is 19.0 Å². The van der Waals surface area contributed by atoms with Gasteiger partial charge in [-0.25, -0.2) is 13.1 Å². The Bertz CT molecular complexity index is 814. The van der Waals surface area contributed by atoms with E-state index in [1.165, 1.54) is 4.90 Å². The van der Waals surface area contributed by atoms with Gasteiger partial charge in [-0.1, -0.05) is 0 Å². The van der Waals surface area contributed by atoms with E-state index in [1.807, 2.05) is 19.1 Å². The highest BCUT2D eigenvalue weighted by Crippen LogP contribution is 2.21. The average Bonchev–Trinajstić information content (AvgIpc) is 3.17. The van der Waals surface area contributed by atoms with Gasteiger partial charge in [0.1, 0.15) is 18.8 Å². The number of benzene rings is 1. The van der Waals surface area contributed by atoms with Crippen molar-refractivity contribution in [1.29, 1.82) is 0 Å². The van der Waals surface area contributed by atoms with E-state index in [-0.39, 0.29) is 17.5 Å². The van der Waals surface area contributed by atoms with E-state index in [9.17, 15) is 8.42 Å². The lowest BCUT2D eigenvalue weighted by molar-refractivity contribution is -0.938. The van der Waals surface area contributed by atoms with Crippen LogP contribution in [0.15, 0.2) is 45.9 Å². The molecule has 7 nitrogen and oxygen atoms in total. The van der Waals surface area contributed by atoms with Gasteiger partial charge in [0.25, 0.3) is 0 Å². The molecule has 0 saturated carbocycles. The van der Waals surface area contributed by atoms with Crippen LogP contribution in [-0.2, 0) is 14.8 Å². The molecule has 0 radical (unpaired) electrons. The van der Waals surface area contributed by atoms with Gasteiger partial charge in [-0.3, -0.25) is 0 Å². The molecular weight excluding hydrogens is 356 g/mol. The van der Waals surface area contributed by atoms with Crippen molar-refractivity contribution >= 4 is 10.0 Å². The fraction of sp³-hybridized carbons (Fsp3) is 0.444. The number of methoxy groups -OCH3 is 1. The van der Waals surface area contributed by atoms with Crippen LogP contribution >= 0.6 is 0 Å². The molecule has 1 fully saturated rings. The zero-order valence-electron chi connectivity index (χ0n) is 15.0. The van der Waals surface area contributed by atoms with Gasteiger partial charge in [0.2, 0.25) is 10.0 Å². The van der Waals surface area contributed by atoms with Crippen LogP contribution in [0.2, 0.25) is 0 Å². The normalized spacial score (nSPS) is 17.2. The van der Waals surface area contributed by atoms with Gasteiger partial charge >= 0.3 is 0 Å². The minimum Gasteiger partial charge on any atom is -0.496 e. The molecule has 26 heavy (non-hydrogen) atoms. The quantitative estimate of drug-likeness (QED) is 0.731. The van der Waals surface area contributed by atoms with Crippen molar-refractivity contribution in [1.82, 2.24) is 4.72 Å². The topological polar surface area (TPSA) is 82.2 Å². The summed E-state index contributed by atoms with van der Waals surface area (Å²) in [4.78, 5) is 1.48. The first-order valence-corrected chi connectivity index (χ1v) is 10.1. The number of rotatable bonds is 7. The number of morpholine rings is 1. The molecule has 1 atom stereocenters. The predicted octanol–water partition coefficient (Wildman–Crippen LogP) is 0.531. The maximum atomic E-state index is 12.7. The Hall–Kier alpha value is -1.87. The molecule has 1 aromatic carbocycles. The minimum absolute atomic E-state index is 0.0944. The number of hydrogen-bond acceptors (Lipinski definition) is 5. The van der Waals surface area contributed by atoms with E-state index in [2.05, 4.69) is 4.72 Å². The van der Waals surface area contributed by atoms with E-state index in [4.69, 9.17) is 13.9 Å². The van der Waals surface area contributed by atoms with Gasteiger partial charge in [0.15, 0.2) is 11.8 Å². The van der Waals surface area contributed by atoms with Crippen LogP contribution in [0.3, 0.4) is 0 Å². The van der Waals surface area contributed by atoms with Gasteiger partial charge in [-0.05, 0) is 42.8 Å². The monoisotopic (exact) mass is 381 g/mol. The van der Waals surface area contributed by atoms with Crippen LogP contribution in [0, 0.1) is 6.92 Å². The Morgan fingerprint density at radius 2 is 2.04 bits per heavy atom. The van der Waals surface area contributed by atoms with E-state index in [0.717, 1.165) is 24.4 Å². The Balaban J connectivity index is 1.76. The lowest BCUT2D eigenvalue weighted by Gasteiger charge is -2.30. The van der Waals surface area contributed by atoms with Gasteiger partial charge in [0.05, 0.1) is 38.0 Å². The molecule has 0 unspecified atom stereocenters. The first-order chi connectivity index (χ1) is 12.5. The Morgan fingerprint density at radius 3 is 2.65 bits per heavy atom. The molecule has 2 heterocycles. The molecule has 2 N–H and O–H groups in total. The minimum atomic E-state index is -3.62. The highest BCUT2D eigenvalue weighted by Gasteiger charge is 2.30. The summed E-state index contributed by atoms with van der Waals surface area (Å²) in [6.07, 6.45) is 1.61. The molecule has 1 aliphatic rings. The maximum Gasteiger partial charge on any atom is 0.240 e. The summed E-state index contributed by atoms with van der Waals surface area (Å²) in [5.41, 5.74) is 0.775. The maximum absolute atomic E-state index is 12.7. The van der Waals surface area contributed by atoms with Crippen LogP contribution in [-0.4, -0.2) is 48.4 Å². The van der Waals surface area contributed by atoms with Gasteiger partial charge in [-0.2, -0.15) is 0 Å². The van der Waals surface area contributed by atoms with Crippen LogP contribution in [0.5, 0.6) is 5.75 Å². The number of hydrogen-bond donors (Lipinski definition) is 2. The lowest BCUT2D eigenvalue weighted by atomic mass is 10.2. The smallest absolute Gasteiger partial charge is 0.240 e. The first-order valence-electron chi connectivity index (χ1n) is 8.61. The third-order valence-electron chi connectivity index (χ3n) is 4.67. The summed E-state index contributed by atoms with van der Waals surface area (Å²) in [5, 5.41) is 0. The zero-order chi connectivity index (χ0) is 18.6. The van der Waals surface area contributed by atoms with Crippen molar-refractivity contribution < 1.29 is 27.2 Å². The summed E-state index contributed by atoms with van der Waals surface area (Å²) >= 11 is 0. The number of furan rings is 1. The van der Waals surface area contributed by atoms with Crippen molar-refractivity contribution in [2.24, 2.45) is 0 Å². The van der Waals surface area contributed by atoms with Gasteiger partial charge in [-0.15, -0.1) is 0 Å². The second-order valence-corrected chi connectivity index (χ2v) is 8.09. The summed E-state index contributed by atoms with van der Waals surface area (Å²) in [6.45, 7) is 5.04. The van der Waals surface area contributed by atoms with E-state index < -0.39 is 10.0 Å². The fourth-order valence-electron chi connectivity index (χ4n) is 3.21. The number of quaternary nitrogens is 1. The second-order valence-electron chi connectivity index (χ2n) is 6.32. The van der Waals surface area contributed by atoms with Crippen LogP contribution in [0.25, 0.3) is 0 Å². The Morgan fingerprint density at radius 1 is 1.27 bits per heavy atom. The van der Waals surface area contributed by atoms with Crippen molar-refractivity contribution in [2.45, 2.75) is 17.9 Å². The molecule has 142 valence electrons. The molecule has 0 spiro atoms. The fourth-order valence-corrected chi connectivity index (χ4v) is 4.34. The Kier molecular flexibility index (Phi) is 5.98. The summed E-state index contributed by atoms with van der Waals surface area (Å²) in [5.74, 6) is 1.44. The number of nitrogens with one attached hydrogen (secondary N) is 2. The first kappa shape index (κ1) is 18.9.